The Kier molecular flexibility index (Phi) is 3.54. The van der Waals surface area contributed by atoms with Crippen LogP contribution < -0.4 is 0 Å². The molecular weight excluding hydrogens is 298 g/mol. The molecule has 112 valence electrons. The number of nitrogens with zero attached hydrogens (tertiary/aromatic N) is 3. The molecule has 0 aliphatic heterocycles. The SMILES string of the molecule is Cc1ccc(S(=O)(=O)n2nnc(-c3ccccc3)c2C)cc1. The molecule has 0 saturated carbocycles. The van der Waals surface area contributed by atoms with Crippen molar-refractivity contribution in [3.63, 3.8) is 0 Å². The molecule has 0 aliphatic rings. The third kappa shape index (κ3) is 2.42. The Morgan fingerprint density at radius 1 is 0.909 bits per heavy atom. The second-order valence-corrected chi connectivity index (χ2v) is 6.82. The zero-order valence-corrected chi connectivity index (χ0v) is 13.1. The summed E-state index contributed by atoms with van der Waals surface area (Å²) >= 11 is 0. The first-order valence-electron chi connectivity index (χ1n) is 6.80. The Hall–Kier alpha value is -2.47. The van der Waals surface area contributed by atoms with Crippen LogP contribution in [0, 0.1) is 13.8 Å². The zero-order chi connectivity index (χ0) is 15.7. The van der Waals surface area contributed by atoms with Crippen molar-refractivity contribution in [1.82, 2.24) is 14.4 Å². The van der Waals surface area contributed by atoms with Crippen LogP contribution in [0.4, 0.5) is 0 Å². The number of hydrogen-bond donors (Lipinski definition) is 0. The summed E-state index contributed by atoms with van der Waals surface area (Å²) in [5, 5.41) is 7.87. The standard InChI is InChI=1S/C16H15N3O2S/c1-12-8-10-15(11-9-12)22(20,21)19-13(2)16(17-18-19)14-6-4-3-5-7-14/h3-11H,1-2H3. The predicted molar refractivity (Wildman–Crippen MR) is 84.0 cm³/mol. The van der Waals surface area contributed by atoms with Gasteiger partial charge >= 0.3 is 0 Å². The monoisotopic (exact) mass is 313 g/mol. The fraction of sp³-hybridized carbons (Fsp3) is 0.125. The summed E-state index contributed by atoms with van der Waals surface area (Å²) in [6.45, 7) is 3.61. The highest BCUT2D eigenvalue weighted by molar-refractivity contribution is 7.89. The van der Waals surface area contributed by atoms with Gasteiger partial charge in [0.05, 0.1) is 10.6 Å². The van der Waals surface area contributed by atoms with E-state index in [0.717, 1.165) is 15.2 Å². The molecular formula is C16H15N3O2S. The van der Waals surface area contributed by atoms with Crippen molar-refractivity contribution in [2.75, 3.05) is 0 Å². The van der Waals surface area contributed by atoms with Gasteiger partial charge in [-0.1, -0.05) is 53.2 Å². The topological polar surface area (TPSA) is 64.8 Å². The summed E-state index contributed by atoms with van der Waals surface area (Å²) in [7, 11) is -3.73. The molecule has 0 bridgehead atoms. The van der Waals surface area contributed by atoms with Gasteiger partial charge in [-0.05, 0) is 26.0 Å². The van der Waals surface area contributed by atoms with Gasteiger partial charge in [-0.25, -0.2) is 0 Å². The highest BCUT2D eigenvalue weighted by atomic mass is 32.2. The fourth-order valence-corrected chi connectivity index (χ4v) is 3.48. The summed E-state index contributed by atoms with van der Waals surface area (Å²) in [5.41, 5.74) is 2.90. The first-order valence-corrected chi connectivity index (χ1v) is 8.24. The molecule has 0 aliphatic carbocycles. The van der Waals surface area contributed by atoms with E-state index in [-0.39, 0.29) is 4.90 Å². The van der Waals surface area contributed by atoms with Gasteiger partial charge in [0.2, 0.25) is 0 Å². The molecule has 5 nitrogen and oxygen atoms in total. The van der Waals surface area contributed by atoms with Gasteiger partial charge < -0.3 is 0 Å². The molecule has 3 rings (SSSR count). The first kappa shape index (κ1) is 14.5. The molecule has 0 unspecified atom stereocenters. The first-order chi connectivity index (χ1) is 10.5. The van der Waals surface area contributed by atoms with Crippen molar-refractivity contribution >= 4 is 10.0 Å². The van der Waals surface area contributed by atoms with E-state index in [2.05, 4.69) is 10.3 Å². The summed E-state index contributed by atoms with van der Waals surface area (Å²) < 4.78 is 26.3. The maximum Gasteiger partial charge on any atom is 0.284 e. The Balaban J connectivity index is 2.10. The smallest absolute Gasteiger partial charge is 0.199 e. The summed E-state index contributed by atoms with van der Waals surface area (Å²) in [6, 6.07) is 16.1. The Bertz CT molecular complexity index is 898. The maximum absolute atomic E-state index is 12.7. The van der Waals surface area contributed by atoms with Crippen LogP contribution in [0.25, 0.3) is 11.3 Å². The van der Waals surface area contributed by atoms with Gasteiger partial charge in [-0.3, -0.25) is 0 Å². The molecule has 0 atom stereocenters. The predicted octanol–water partition coefficient (Wildman–Crippen LogP) is 2.80. The molecule has 3 aromatic rings. The molecule has 0 amide bonds. The maximum atomic E-state index is 12.7. The van der Waals surface area contributed by atoms with Gasteiger partial charge in [-0.2, -0.15) is 8.42 Å². The lowest BCUT2D eigenvalue weighted by atomic mass is 10.1. The summed E-state index contributed by atoms with van der Waals surface area (Å²) in [5.74, 6) is 0. The van der Waals surface area contributed by atoms with Crippen LogP contribution in [0.2, 0.25) is 0 Å². The van der Waals surface area contributed by atoms with Crippen molar-refractivity contribution < 1.29 is 8.42 Å². The van der Waals surface area contributed by atoms with Crippen molar-refractivity contribution in [2.45, 2.75) is 18.7 Å². The third-order valence-corrected chi connectivity index (χ3v) is 5.12. The highest BCUT2D eigenvalue weighted by Gasteiger charge is 2.23. The second kappa shape index (κ2) is 5.38. The van der Waals surface area contributed by atoms with Crippen LogP contribution in [0.15, 0.2) is 59.5 Å². The van der Waals surface area contributed by atoms with Gasteiger partial charge in [0.25, 0.3) is 10.0 Å². The van der Waals surface area contributed by atoms with E-state index in [0.29, 0.717) is 11.4 Å². The van der Waals surface area contributed by atoms with Crippen LogP contribution in [-0.4, -0.2) is 22.8 Å². The lowest BCUT2D eigenvalue weighted by Crippen LogP contribution is -2.16. The molecule has 0 spiro atoms. The van der Waals surface area contributed by atoms with Crippen molar-refractivity contribution in [3.05, 3.63) is 65.9 Å². The third-order valence-electron chi connectivity index (χ3n) is 3.45. The van der Waals surface area contributed by atoms with Gasteiger partial charge in [-0.15, -0.1) is 9.19 Å². The average Bonchev–Trinajstić information content (AvgIpc) is 2.91. The average molecular weight is 313 g/mol. The minimum absolute atomic E-state index is 0.200. The van der Waals surface area contributed by atoms with E-state index in [1.807, 2.05) is 37.3 Å². The highest BCUT2D eigenvalue weighted by Crippen LogP contribution is 2.23. The van der Waals surface area contributed by atoms with Crippen LogP contribution in [0.5, 0.6) is 0 Å². The second-order valence-electron chi connectivity index (χ2n) is 5.05. The largest absolute Gasteiger partial charge is 0.284 e. The lowest BCUT2D eigenvalue weighted by molar-refractivity contribution is 0.575. The van der Waals surface area contributed by atoms with Crippen molar-refractivity contribution in [3.8, 4) is 11.3 Å². The van der Waals surface area contributed by atoms with E-state index in [1.165, 1.54) is 0 Å². The lowest BCUT2D eigenvalue weighted by Gasteiger charge is -2.06. The van der Waals surface area contributed by atoms with Crippen LogP contribution in [0.1, 0.15) is 11.3 Å². The molecule has 2 aromatic carbocycles. The van der Waals surface area contributed by atoms with Crippen LogP contribution in [0.3, 0.4) is 0 Å². The Morgan fingerprint density at radius 2 is 1.55 bits per heavy atom. The van der Waals surface area contributed by atoms with Crippen molar-refractivity contribution in [2.24, 2.45) is 0 Å². The van der Waals surface area contributed by atoms with E-state index in [4.69, 9.17) is 0 Å². The Morgan fingerprint density at radius 3 is 2.18 bits per heavy atom. The van der Waals surface area contributed by atoms with E-state index < -0.39 is 10.0 Å². The van der Waals surface area contributed by atoms with Crippen LogP contribution >= 0.6 is 0 Å². The normalized spacial score (nSPS) is 11.5. The van der Waals surface area contributed by atoms with Gasteiger partial charge in [0, 0.05) is 5.56 Å². The molecule has 0 N–H and O–H groups in total. The molecule has 0 radical (unpaired) electrons. The van der Waals surface area contributed by atoms with Gasteiger partial charge in [0.1, 0.15) is 5.69 Å². The van der Waals surface area contributed by atoms with E-state index in [9.17, 15) is 8.42 Å². The molecule has 22 heavy (non-hydrogen) atoms. The number of rotatable bonds is 3. The molecule has 1 heterocycles. The van der Waals surface area contributed by atoms with Crippen LogP contribution in [-0.2, 0) is 10.0 Å². The van der Waals surface area contributed by atoms with Gasteiger partial charge in [0.15, 0.2) is 0 Å². The number of aromatic nitrogens is 3. The molecule has 6 heteroatoms. The minimum Gasteiger partial charge on any atom is -0.199 e. The summed E-state index contributed by atoms with van der Waals surface area (Å²) in [4.78, 5) is 0.200. The van der Waals surface area contributed by atoms with Crippen molar-refractivity contribution in [1.29, 1.82) is 0 Å². The zero-order valence-electron chi connectivity index (χ0n) is 12.3. The fourth-order valence-electron chi connectivity index (χ4n) is 2.22. The Labute approximate surface area is 129 Å². The molecule has 0 fully saturated rings. The molecule has 0 saturated heterocycles. The van der Waals surface area contributed by atoms with E-state index >= 15 is 0 Å². The molecule has 1 aromatic heterocycles. The quantitative estimate of drug-likeness (QED) is 0.746. The number of aryl methyl sites for hydroxylation is 1. The summed E-state index contributed by atoms with van der Waals surface area (Å²) in [6.07, 6.45) is 0. The number of hydrogen-bond acceptors (Lipinski definition) is 4. The van der Waals surface area contributed by atoms with E-state index in [1.54, 1.807) is 31.2 Å². The number of benzene rings is 2. The minimum atomic E-state index is -3.73.